The maximum atomic E-state index is 5.94. The standard InChI is InChI=1S/C16H27N3/c1-12(2)9-16(6-4-5-7-16)11-19-15-8-14(17)13(3)10-18-15/h8,10,12H,4-7,9,11H2,1-3H3,(H3,17,18,19). The first-order valence-electron chi connectivity index (χ1n) is 7.47. The van der Waals surface area contributed by atoms with Crippen LogP contribution in [-0.4, -0.2) is 11.5 Å². The Bertz CT molecular complexity index is 420. The van der Waals surface area contributed by atoms with Crippen molar-refractivity contribution in [2.24, 2.45) is 11.3 Å². The van der Waals surface area contributed by atoms with E-state index in [1.807, 2.05) is 19.2 Å². The van der Waals surface area contributed by atoms with Gasteiger partial charge in [-0.25, -0.2) is 4.98 Å². The van der Waals surface area contributed by atoms with Gasteiger partial charge in [0.2, 0.25) is 0 Å². The number of nitrogens with two attached hydrogens (primary N) is 1. The molecule has 0 aliphatic heterocycles. The number of hydrogen-bond acceptors (Lipinski definition) is 3. The molecule has 0 unspecified atom stereocenters. The fourth-order valence-corrected chi connectivity index (χ4v) is 3.36. The highest BCUT2D eigenvalue weighted by atomic mass is 15.0. The first kappa shape index (κ1) is 14.2. The third-order valence-electron chi connectivity index (χ3n) is 4.29. The predicted octanol–water partition coefficient (Wildman–Crippen LogP) is 3.99. The topological polar surface area (TPSA) is 50.9 Å². The smallest absolute Gasteiger partial charge is 0.127 e. The van der Waals surface area contributed by atoms with Crippen LogP contribution in [0.2, 0.25) is 0 Å². The summed E-state index contributed by atoms with van der Waals surface area (Å²) in [5, 5.41) is 3.51. The molecule has 2 rings (SSSR count). The van der Waals surface area contributed by atoms with Crippen molar-refractivity contribution in [2.45, 2.75) is 52.9 Å². The summed E-state index contributed by atoms with van der Waals surface area (Å²) in [5.41, 5.74) is 8.27. The van der Waals surface area contributed by atoms with Gasteiger partial charge in [-0.2, -0.15) is 0 Å². The molecule has 0 bridgehead atoms. The number of anilines is 2. The number of nitrogens with zero attached hydrogens (tertiary/aromatic N) is 1. The molecule has 1 heterocycles. The molecule has 0 radical (unpaired) electrons. The molecule has 3 N–H and O–H groups in total. The second-order valence-electron chi connectivity index (χ2n) is 6.58. The van der Waals surface area contributed by atoms with Gasteiger partial charge < -0.3 is 11.1 Å². The number of nitrogens with one attached hydrogen (secondary N) is 1. The van der Waals surface area contributed by atoms with Crippen molar-refractivity contribution in [1.82, 2.24) is 4.98 Å². The van der Waals surface area contributed by atoms with Gasteiger partial charge in [-0.15, -0.1) is 0 Å². The van der Waals surface area contributed by atoms with E-state index in [2.05, 4.69) is 24.1 Å². The fraction of sp³-hybridized carbons (Fsp3) is 0.688. The summed E-state index contributed by atoms with van der Waals surface area (Å²) < 4.78 is 0. The lowest BCUT2D eigenvalue weighted by molar-refractivity contribution is 0.252. The normalized spacial score (nSPS) is 17.9. The van der Waals surface area contributed by atoms with Crippen LogP contribution in [0.4, 0.5) is 11.5 Å². The molecule has 1 fully saturated rings. The monoisotopic (exact) mass is 261 g/mol. The zero-order valence-electron chi connectivity index (χ0n) is 12.5. The van der Waals surface area contributed by atoms with Gasteiger partial charge >= 0.3 is 0 Å². The zero-order valence-corrected chi connectivity index (χ0v) is 12.5. The Hall–Kier alpha value is -1.25. The Morgan fingerprint density at radius 3 is 2.63 bits per heavy atom. The Labute approximate surface area is 117 Å². The summed E-state index contributed by atoms with van der Waals surface area (Å²) in [7, 11) is 0. The van der Waals surface area contributed by atoms with Crippen LogP contribution in [-0.2, 0) is 0 Å². The second kappa shape index (κ2) is 5.81. The van der Waals surface area contributed by atoms with Crippen molar-refractivity contribution in [3.05, 3.63) is 17.8 Å². The highest BCUT2D eigenvalue weighted by Gasteiger charge is 2.34. The van der Waals surface area contributed by atoms with E-state index in [-0.39, 0.29) is 0 Å². The van der Waals surface area contributed by atoms with E-state index < -0.39 is 0 Å². The molecule has 1 aromatic rings. The largest absolute Gasteiger partial charge is 0.398 e. The lowest BCUT2D eigenvalue weighted by atomic mass is 9.78. The molecule has 1 aromatic heterocycles. The molecule has 19 heavy (non-hydrogen) atoms. The first-order valence-corrected chi connectivity index (χ1v) is 7.47. The second-order valence-corrected chi connectivity index (χ2v) is 6.58. The van der Waals surface area contributed by atoms with Gasteiger partial charge in [0.05, 0.1) is 0 Å². The number of nitrogen functional groups attached to an aromatic ring is 1. The van der Waals surface area contributed by atoms with Crippen LogP contribution in [0, 0.1) is 18.3 Å². The van der Waals surface area contributed by atoms with Crippen LogP contribution >= 0.6 is 0 Å². The summed E-state index contributed by atoms with van der Waals surface area (Å²) in [6, 6.07) is 1.95. The van der Waals surface area contributed by atoms with Crippen LogP contribution in [0.5, 0.6) is 0 Å². The summed E-state index contributed by atoms with van der Waals surface area (Å²) in [6.45, 7) is 7.66. The summed E-state index contributed by atoms with van der Waals surface area (Å²) in [5.74, 6) is 1.68. The number of hydrogen-bond donors (Lipinski definition) is 2. The highest BCUT2D eigenvalue weighted by molar-refractivity contribution is 5.53. The van der Waals surface area contributed by atoms with Crippen molar-refractivity contribution in [1.29, 1.82) is 0 Å². The van der Waals surface area contributed by atoms with Crippen LogP contribution in [0.15, 0.2) is 12.3 Å². The van der Waals surface area contributed by atoms with Gasteiger partial charge in [0.1, 0.15) is 5.82 Å². The lowest BCUT2D eigenvalue weighted by Crippen LogP contribution is -2.28. The number of aromatic nitrogens is 1. The van der Waals surface area contributed by atoms with E-state index in [1.54, 1.807) is 0 Å². The Balaban J connectivity index is 2.00. The van der Waals surface area contributed by atoms with Crippen LogP contribution < -0.4 is 11.1 Å². The molecular weight excluding hydrogens is 234 g/mol. The van der Waals surface area contributed by atoms with Gasteiger partial charge in [-0.3, -0.25) is 0 Å². The van der Waals surface area contributed by atoms with E-state index in [0.29, 0.717) is 5.41 Å². The first-order chi connectivity index (χ1) is 9.01. The molecule has 0 aromatic carbocycles. The molecule has 3 nitrogen and oxygen atoms in total. The number of rotatable bonds is 5. The molecule has 3 heteroatoms. The molecule has 1 saturated carbocycles. The number of aryl methyl sites for hydroxylation is 1. The molecule has 0 amide bonds. The maximum absolute atomic E-state index is 5.94. The van der Waals surface area contributed by atoms with Crippen molar-refractivity contribution < 1.29 is 0 Å². The SMILES string of the molecule is Cc1cnc(NCC2(CC(C)C)CCCC2)cc1N. The van der Waals surface area contributed by atoms with Crippen molar-refractivity contribution >= 4 is 11.5 Å². The lowest BCUT2D eigenvalue weighted by Gasteiger charge is -2.31. The average Bonchev–Trinajstić information content (AvgIpc) is 2.79. The van der Waals surface area contributed by atoms with E-state index in [0.717, 1.165) is 29.5 Å². The van der Waals surface area contributed by atoms with E-state index >= 15 is 0 Å². The molecule has 1 aliphatic carbocycles. The molecule has 0 spiro atoms. The van der Waals surface area contributed by atoms with Crippen LogP contribution in [0.3, 0.4) is 0 Å². The summed E-state index contributed by atoms with van der Waals surface area (Å²) in [4.78, 5) is 4.42. The van der Waals surface area contributed by atoms with Gasteiger partial charge in [0, 0.05) is 24.5 Å². The Morgan fingerprint density at radius 2 is 2.05 bits per heavy atom. The van der Waals surface area contributed by atoms with Gasteiger partial charge in [-0.1, -0.05) is 26.7 Å². The minimum Gasteiger partial charge on any atom is -0.398 e. The third kappa shape index (κ3) is 3.62. The van der Waals surface area contributed by atoms with Gasteiger partial charge in [-0.05, 0) is 43.1 Å². The Kier molecular flexibility index (Phi) is 4.33. The van der Waals surface area contributed by atoms with Crippen molar-refractivity contribution in [2.75, 3.05) is 17.6 Å². The predicted molar refractivity (Wildman–Crippen MR) is 82.2 cm³/mol. The van der Waals surface area contributed by atoms with Gasteiger partial charge in [0.25, 0.3) is 0 Å². The quantitative estimate of drug-likeness (QED) is 0.842. The summed E-state index contributed by atoms with van der Waals surface area (Å²) in [6.07, 6.45) is 8.59. The molecule has 1 aliphatic rings. The maximum Gasteiger partial charge on any atom is 0.127 e. The van der Waals surface area contributed by atoms with E-state index in [4.69, 9.17) is 5.73 Å². The number of pyridine rings is 1. The van der Waals surface area contributed by atoms with Gasteiger partial charge in [0.15, 0.2) is 0 Å². The highest BCUT2D eigenvalue weighted by Crippen LogP contribution is 2.43. The fourth-order valence-electron chi connectivity index (χ4n) is 3.36. The van der Waals surface area contributed by atoms with E-state index in [9.17, 15) is 0 Å². The molecule has 0 saturated heterocycles. The van der Waals surface area contributed by atoms with Crippen LogP contribution in [0.25, 0.3) is 0 Å². The molecular formula is C16H27N3. The van der Waals surface area contributed by atoms with Crippen molar-refractivity contribution in [3.8, 4) is 0 Å². The minimum absolute atomic E-state index is 0.468. The van der Waals surface area contributed by atoms with E-state index in [1.165, 1.54) is 32.1 Å². The Morgan fingerprint density at radius 1 is 1.37 bits per heavy atom. The van der Waals surface area contributed by atoms with Crippen molar-refractivity contribution in [3.63, 3.8) is 0 Å². The van der Waals surface area contributed by atoms with Crippen LogP contribution in [0.1, 0.15) is 51.5 Å². The summed E-state index contributed by atoms with van der Waals surface area (Å²) >= 11 is 0. The minimum atomic E-state index is 0.468. The molecule has 0 atom stereocenters. The molecule has 106 valence electrons. The zero-order chi connectivity index (χ0) is 13.9. The average molecular weight is 261 g/mol. The third-order valence-corrected chi connectivity index (χ3v) is 4.29.